The van der Waals surface area contributed by atoms with E-state index in [2.05, 4.69) is 15.3 Å². The second-order valence-corrected chi connectivity index (χ2v) is 4.11. The van der Waals surface area contributed by atoms with Crippen molar-refractivity contribution in [1.29, 1.82) is 0 Å². The summed E-state index contributed by atoms with van der Waals surface area (Å²) in [5.74, 6) is 0.697. The van der Waals surface area contributed by atoms with Crippen LogP contribution in [0.1, 0.15) is 11.1 Å². The quantitative estimate of drug-likeness (QED) is 0.810. The van der Waals surface area contributed by atoms with Gasteiger partial charge >= 0.3 is 0 Å². The van der Waals surface area contributed by atoms with Crippen LogP contribution in [0.3, 0.4) is 0 Å². The van der Waals surface area contributed by atoms with Crippen molar-refractivity contribution in [1.82, 2.24) is 9.97 Å². The molecule has 0 unspecified atom stereocenters. The molecule has 0 bridgehead atoms. The third-order valence-corrected chi connectivity index (χ3v) is 2.43. The Morgan fingerprint density at radius 2 is 2.18 bits per heavy atom. The molecular weight excluding hydrogens is 232 g/mol. The average Bonchev–Trinajstić information content (AvgIpc) is 2.29. The highest BCUT2D eigenvalue weighted by molar-refractivity contribution is 7.80. The molecule has 17 heavy (non-hydrogen) atoms. The predicted octanol–water partition coefficient (Wildman–Crippen LogP) is 2.16. The summed E-state index contributed by atoms with van der Waals surface area (Å²) in [6.45, 7) is 1.98. The second kappa shape index (κ2) is 4.88. The molecule has 0 spiro atoms. The van der Waals surface area contributed by atoms with Crippen LogP contribution in [0.25, 0.3) is 0 Å². The van der Waals surface area contributed by atoms with Gasteiger partial charge in [0.05, 0.1) is 11.9 Å². The summed E-state index contributed by atoms with van der Waals surface area (Å²) in [6, 6.07) is 5.58. The Balaban J connectivity index is 2.24. The van der Waals surface area contributed by atoms with Gasteiger partial charge in [0, 0.05) is 18.0 Å². The molecule has 0 aliphatic carbocycles. The van der Waals surface area contributed by atoms with E-state index in [1.807, 2.05) is 19.1 Å². The van der Waals surface area contributed by atoms with Crippen LogP contribution in [0.4, 0.5) is 11.5 Å². The minimum atomic E-state index is 0.359. The lowest BCUT2D eigenvalue weighted by atomic mass is 10.2. The number of aryl methyl sites for hydroxylation is 1. The molecule has 2 rings (SSSR count). The molecule has 3 N–H and O–H groups in total. The molecular formula is C12H12N4S. The number of rotatable bonds is 3. The van der Waals surface area contributed by atoms with Gasteiger partial charge in [0.2, 0.25) is 0 Å². The molecule has 0 aromatic carbocycles. The lowest BCUT2D eigenvalue weighted by Gasteiger charge is -2.06. The minimum Gasteiger partial charge on any atom is -0.389 e. The van der Waals surface area contributed by atoms with E-state index in [0.29, 0.717) is 10.8 Å². The molecule has 4 nitrogen and oxygen atoms in total. The normalized spacial score (nSPS) is 9.94. The first-order chi connectivity index (χ1) is 8.15. The maximum Gasteiger partial charge on any atom is 0.131 e. The zero-order valence-electron chi connectivity index (χ0n) is 9.34. The number of nitrogens with zero attached hydrogens (tertiary/aromatic N) is 2. The van der Waals surface area contributed by atoms with Gasteiger partial charge in [-0.25, -0.2) is 4.98 Å². The van der Waals surface area contributed by atoms with Crippen molar-refractivity contribution >= 4 is 28.7 Å². The first kappa shape index (κ1) is 11.5. The summed E-state index contributed by atoms with van der Waals surface area (Å²) in [7, 11) is 0. The number of nitrogens with one attached hydrogen (secondary N) is 1. The molecule has 0 aliphatic rings. The highest BCUT2D eigenvalue weighted by Crippen LogP contribution is 2.15. The Hall–Kier alpha value is -2.01. The SMILES string of the molecule is Cc1cncc(Nc2cc(C(N)=S)ccn2)c1. The Bertz CT molecular complexity index is 554. The first-order valence-electron chi connectivity index (χ1n) is 5.10. The number of aromatic nitrogens is 2. The summed E-state index contributed by atoms with van der Waals surface area (Å²) in [6.07, 6.45) is 5.20. The van der Waals surface area contributed by atoms with Gasteiger partial charge in [-0.15, -0.1) is 0 Å². The maximum atomic E-state index is 5.56. The topological polar surface area (TPSA) is 63.8 Å². The van der Waals surface area contributed by atoms with E-state index < -0.39 is 0 Å². The average molecular weight is 244 g/mol. The first-order valence-corrected chi connectivity index (χ1v) is 5.50. The van der Waals surface area contributed by atoms with Crippen LogP contribution in [-0.4, -0.2) is 15.0 Å². The van der Waals surface area contributed by atoms with Gasteiger partial charge in [0.25, 0.3) is 0 Å². The van der Waals surface area contributed by atoms with Gasteiger partial charge < -0.3 is 11.1 Å². The second-order valence-electron chi connectivity index (χ2n) is 3.67. The number of anilines is 2. The van der Waals surface area contributed by atoms with Gasteiger partial charge in [-0.1, -0.05) is 12.2 Å². The fourth-order valence-corrected chi connectivity index (χ4v) is 1.55. The molecule has 2 heterocycles. The highest BCUT2D eigenvalue weighted by Gasteiger charge is 2.00. The number of pyridine rings is 2. The summed E-state index contributed by atoms with van der Waals surface area (Å²) in [5.41, 5.74) is 8.32. The molecule has 2 aromatic rings. The van der Waals surface area contributed by atoms with Crippen molar-refractivity contribution in [2.45, 2.75) is 6.92 Å². The third kappa shape index (κ3) is 2.98. The molecule has 0 amide bonds. The fraction of sp³-hybridized carbons (Fsp3) is 0.0833. The van der Waals surface area contributed by atoms with E-state index in [1.54, 1.807) is 24.7 Å². The summed E-state index contributed by atoms with van der Waals surface area (Å²) < 4.78 is 0. The van der Waals surface area contributed by atoms with Crippen LogP contribution in [0.5, 0.6) is 0 Å². The Morgan fingerprint density at radius 3 is 2.88 bits per heavy atom. The molecule has 0 saturated heterocycles. The molecule has 86 valence electrons. The number of nitrogens with two attached hydrogens (primary N) is 1. The van der Waals surface area contributed by atoms with Crippen LogP contribution in [0, 0.1) is 6.92 Å². The van der Waals surface area contributed by atoms with E-state index in [1.165, 1.54) is 0 Å². The molecule has 0 aliphatic heterocycles. The maximum absolute atomic E-state index is 5.56. The molecule has 0 atom stereocenters. The van der Waals surface area contributed by atoms with E-state index >= 15 is 0 Å². The van der Waals surface area contributed by atoms with Gasteiger partial charge in [-0.3, -0.25) is 4.98 Å². The monoisotopic (exact) mass is 244 g/mol. The smallest absolute Gasteiger partial charge is 0.131 e. The molecule has 5 heteroatoms. The van der Waals surface area contributed by atoms with Crippen molar-refractivity contribution in [3.63, 3.8) is 0 Å². The van der Waals surface area contributed by atoms with Crippen LogP contribution in [-0.2, 0) is 0 Å². The van der Waals surface area contributed by atoms with Crippen molar-refractivity contribution in [3.05, 3.63) is 47.9 Å². The highest BCUT2D eigenvalue weighted by atomic mass is 32.1. The van der Waals surface area contributed by atoms with Gasteiger partial charge in [0.15, 0.2) is 0 Å². The minimum absolute atomic E-state index is 0.359. The van der Waals surface area contributed by atoms with E-state index in [4.69, 9.17) is 18.0 Å². The molecule has 0 radical (unpaired) electrons. The summed E-state index contributed by atoms with van der Waals surface area (Å²) >= 11 is 4.92. The molecule has 2 aromatic heterocycles. The Labute approximate surface area is 105 Å². The number of thiocarbonyl (C=S) groups is 1. The summed E-state index contributed by atoms with van der Waals surface area (Å²) in [5, 5.41) is 3.15. The lowest BCUT2D eigenvalue weighted by Crippen LogP contribution is -2.09. The zero-order valence-corrected chi connectivity index (χ0v) is 10.2. The van der Waals surface area contributed by atoms with Gasteiger partial charge in [-0.2, -0.15) is 0 Å². The molecule has 0 fully saturated rings. The summed E-state index contributed by atoms with van der Waals surface area (Å²) in [4.78, 5) is 8.65. The standard InChI is InChI=1S/C12H12N4S/c1-8-4-10(7-14-6-8)16-11-5-9(12(13)17)2-3-15-11/h2-7H,1H3,(H2,13,17)(H,15,16). The zero-order chi connectivity index (χ0) is 12.3. The molecule has 0 saturated carbocycles. The van der Waals surface area contributed by atoms with Crippen molar-refractivity contribution < 1.29 is 0 Å². The largest absolute Gasteiger partial charge is 0.389 e. The number of hydrogen-bond donors (Lipinski definition) is 2. The van der Waals surface area contributed by atoms with Crippen molar-refractivity contribution in [2.24, 2.45) is 5.73 Å². The van der Waals surface area contributed by atoms with Crippen molar-refractivity contribution in [2.75, 3.05) is 5.32 Å². The lowest BCUT2D eigenvalue weighted by molar-refractivity contribution is 1.24. The van der Waals surface area contributed by atoms with Gasteiger partial charge in [0.1, 0.15) is 10.8 Å². The van der Waals surface area contributed by atoms with Gasteiger partial charge in [-0.05, 0) is 30.7 Å². The van der Waals surface area contributed by atoms with Crippen molar-refractivity contribution in [3.8, 4) is 0 Å². The number of hydrogen-bond acceptors (Lipinski definition) is 4. The fourth-order valence-electron chi connectivity index (χ4n) is 1.42. The predicted molar refractivity (Wildman–Crippen MR) is 72.4 cm³/mol. The Kier molecular flexibility index (Phi) is 3.30. The van der Waals surface area contributed by atoms with Crippen LogP contribution in [0.15, 0.2) is 36.8 Å². The Morgan fingerprint density at radius 1 is 1.35 bits per heavy atom. The van der Waals surface area contributed by atoms with Crippen LogP contribution < -0.4 is 11.1 Å². The third-order valence-electron chi connectivity index (χ3n) is 2.19. The van der Waals surface area contributed by atoms with E-state index in [0.717, 1.165) is 16.8 Å². The van der Waals surface area contributed by atoms with E-state index in [-0.39, 0.29) is 0 Å². The van der Waals surface area contributed by atoms with Crippen LogP contribution >= 0.6 is 12.2 Å². The van der Waals surface area contributed by atoms with E-state index in [9.17, 15) is 0 Å². The van der Waals surface area contributed by atoms with Crippen LogP contribution in [0.2, 0.25) is 0 Å².